The lowest BCUT2D eigenvalue weighted by Gasteiger charge is -2.42. The molecule has 0 aliphatic heterocycles. The molecule has 0 aromatic rings. The maximum absolute atomic E-state index is 13.5. The van der Waals surface area contributed by atoms with Gasteiger partial charge in [0.2, 0.25) is 11.8 Å². The largest absolute Gasteiger partial charge is 0.336 e. The van der Waals surface area contributed by atoms with Crippen molar-refractivity contribution in [1.82, 2.24) is 9.80 Å². The van der Waals surface area contributed by atoms with Gasteiger partial charge in [-0.05, 0) is 51.4 Å². The number of ketones is 1. The smallest absolute Gasteiger partial charge is 0.230 e. The molecule has 2 amide bonds. The van der Waals surface area contributed by atoms with E-state index in [0.29, 0.717) is 24.2 Å². The lowest BCUT2D eigenvalue weighted by atomic mass is 9.87. The van der Waals surface area contributed by atoms with Crippen LogP contribution in [0, 0.1) is 0 Å². The molecule has 0 spiro atoms. The van der Waals surface area contributed by atoms with E-state index in [9.17, 15) is 14.4 Å². The van der Waals surface area contributed by atoms with Gasteiger partial charge in [0.25, 0.3) is 0 Å². The van der Waals surface area contributed by atoms with Crippen molar-refractivity contribution >= 4 is 17.6 Å². The predicted molar refractivity (Wildman–Crippen MR) is 135 cm³/mol. The summed E-state index contributed by atoms with van der Waals surface area (Å²) in [5.74, 6) is -0.166. The number of carbonyl (C=O) groups is 3. The van der Waals surface area contributed by atoms with Crippen LogP contribution in [0.3, 0.4) is 0 Å². The van der Waals surface area contributed by atoms with Gasteiger partial charge < -0.3 is 9.80 Å². The van der Waals surface area contributed by atoms with E-state index in [-0.39, 0.29) is 30.4 Å². The molecule has 34 heavy (non-hydrogen) atoms. The topological polar surface area (TPSA) is 57.7 Å². The van der Waals surface area contributed by atoms with Gasteiger partial charge in [0.1, 0.15) is 0 Å². The van der Waals surface area contributed by atoms with Gasteiger partial charge in [-0.1, -0.05) is 77.0 Å². The minimum Gasteiger partial charge on any atom is -0.336 e. The molecule has 4 aliphatic carbocycles. The molecule has 0 saturated heterocycles. The van der Waals surface area contributed by atoms with Gasteiger partial charge in [-0.15, -0.1) is 0 Å². The summed E-state index contributed by atoms with van der Waals surface area (Å²) in [6.45, 7) is 0. The Kier molecular flexibility index (Phi) is 9.87. The van der Waals surface area contributed by atoms with Crippen LogP contribution in [-0.4, -0.2) is 51.6 Å². The highest BCUT2D eigenvalue weighted by atomic mass is 16.2. The molecule has 4 rings (SSSR count). The summed E-state index contributed by atoms with van der Waals surface area (Å²) < 4.78 is 0. The van der Waals surface area contributed by atoms with E-state index >= 15 is 0 Å². The van der Waals surface area contributed by atoms with Crippen LogP contribution in [0.5, 0.6) is 0 Å². The maximum atomic E-state index is 13.5. The number of nitrogens with zero attached hydrogens (tertiary/aromatic N) is 2. The van der Waals surface area contributed by atoms with E-state index in [2.05, 4.69) is 9.80 Å². The van der Waals surface area contributed by atoms with Gasteiger partial charge in [-0.3, -0.25) is 14.4 Å². The SMILES string of the molecule is O=C(CC(=O)N(C1CCCCC1)C1CCCCC1)CC(=O)N(C1CCCCC1)C1CCCCC1. The number of rotatable bonds is 8. The first-order chi connectivity index (χ1) is 16.6. The molecule has 192 valence electrons. The van der Waals surface area contributed by atoms with Crippen molar-refractivity contribution < 1.29 is 14.4 Å². The van der Waals surface area contributed by atoms with Crippen molar-refractivity contribution in [2.45, 2.75) is 165 Å². The first kappa shape index (κ1) is 25.7. The minimum atomic E-state index is -0.164. The Bertz CT molecular complexity index is 577. The second kappa shape index (κ2) is 13.1. The Balaban J connectivity index is 1.39. The summed E-state index contributed by atoms with van der Waals surface area (Å²) in [6.07, 6.45) is 23.0. The Labute approximate surface area is 207 Å². The molecule has 0 aromatic carbocycles. The molecule has 5 nitrogen and oxygen atoms in total. The fraction of sp³-hybridized carbons (Fsp3) is 0.897. The molecule has 5 heteroatoms. The highest BCUT2D eigenvalue weighted by molar-refractivity contribution is 6.06. The number of Topliss-reactive ketones (excluding diaryl/α,β-unsaturated/α-hetero) is 1. The van der Waals surface area contributed by atoms with E-state index < -0.39 is 0 Å². The molecular formula is C29H48N2O3. The zero-order valence-corrected chi connectivity index (χ0v) is 21.5. The van der Waals surface area contributed by atoms with E-state index in [0.717, 1.165) is 51.4 Å². The molecule has 4 aliphatic rings. The minimum absolute atomic E-state index is 0.00140. The lowest BCUT2D eigenvalue weighted by molar-refractivity contribution is -0.144. The molecule has 0 N–H and O–H groups in total. The summed E-state index contributed by atoms with van der Waals surface area (Å²) in [5.41, 5.74) is 0. The van der Waals surface area contributed by atoms with Crippen molar-refractivity contribution in [2.24, 2.45) is 0 Å². The third kappa shape index (κ3) is 6.85. The van der Waals surface area contributed by atoms with E-state index in [1.165, 1.54) is 77.0 Å². The summed E-state index contributed by atoms with van der Waals surface area (Å²) in [4.78, 5) is 44.3. The third-order valence-corrected chi connectivity index (χ3v) is 9.15. The molecule has 0 bridgehead atoms. The van der Waals surface area contributed by atoms with Crippen LogP contribution in [0.25, 0.3) is 0 Å². The monoisotopic (exact) mass is 472 g/mol. The molecule has 0 atom stereocenters. The second-order valence-corrected chi connectivity index (χ2v) is 11.7. The van der Waals surface area contributed by atoms with Crippen LogP contribution in [0.15, 0.2) is 0 Å². The van der Waals surface area contributed by atoms with Gasteiger partial charge in [0.15, 0.2) is 5.78 Å². The Morgan fingerprint density at radius 1 is 0.412 bits per heavy atom. The van der Waals surface area contributed by atoms with Gasteiger partial charge >= 0.3 is 0 Å². The van der Waals surface area contributed by atoms with Gasteiger partial charge in [0.05, 0.1) is 12.8 Å². The number of carbonyl (C=O) groups excluding carboxylic acids is 3. The van der Waals surface area contributed by atoms with Crippen LogP contribution in [0.4, 0.5) is 0 Å². The summed E-state index contributed by atoms with van der Waals surface area (Å²) >= 11 is 0. The first-order valence-electron chi connectivity index (χ1n) is 14.8. The molecule has 0 heterocycles. The zero-order chi connectivity index (χ0) is 23.8. The predicted octanol–water partition coefficient (Wildman–Crippen LogP) is 6.32. The van der Waals surface area contributed by atoms with Crippen LogP contribution < -0.4 is 0 Å². The molecule has 0 aromatic heterocycles. The first-order valence-corrected chi connectivity index (χ1v) is 14.8. The van der Waals surface area contributed by atoms with Crippen LogP contribution in [0.1, 0.15) is 141 Å². The highest BCUT2D eigenvalue weighted by Crippen LogP contribution is 2.32. The van der Waals surface area contributed by atoms with Crippen molar-refractivity contribution in [1.29, 1.82) is 0 Å². The molecule has 4 saturated carbocycles. The lowest BCUT2D eigenvalue weighted by Crippen LogP contribution is -2.50. The van der Waals surface area contributed by atoms with E-state index in [4.69, 9.17) is 0 Å². The average molecular weight is 473 g/mol. The Morgan fingerprint density at radius 3 is 0.882 bits per heavy atom. The summed E-state index contributed by atoms with van der Waals surface area (Å²) in [6, 6.07) is 1.20. The summed E-state index contributed by atoms with van der Waals surface area (Å²) in [7, 11) is 0. The van der Waals surface area contributed by atoms with Gasteiger partial charge in [0, 0.05) is 24.2 Å². The van der Waals surface area contributed by atoms with E-state index in [1.54, 1.807) is 0 Å². The molecule has 0 radical (unpaired) electrons. The van der Waals surface area contributed by atoms with Crippen molar-refractivity contribution in [2.75, 3.05) is 0 Å². The number of hydrogen-bond acceptors (Lipinski definition) is 3. The Morgan fingerprint density at radius 2 is 0.647 bits per heavy atom. The van der Waals surface area contributed by atoms with Crippen LogP contribution in [0.2, 0.25) is 0 Å². The normalized spacial score (nSPS) is 24.0. The van der Waals surface area contributed by atoms with Crippen LogP contribution >= 0.6 is 0 Å². The van der Waals surface area contributed by atoms with Crippen LogP contribution in [-0.2, 0) is 14.4 Å². The van der Waals surface area contributed by atoms with Gasteiger partial charge in [-0.2, -0.15) is 0 Å². The number of amides is 2. The van der Waals surface area contributed by atoms with Crippen molar-refractivity contribution in [3.63, 3.8) is 0 Å². The standard InChI is InChI=1S/C29H48N2O3/c32-27(21-28(33)30(23-13-5-1-6-14-23)24-15-7-2-8-16-24)22-29(34)31(25-17-9-3-10-18-25)26-19-11-4-12-20-26/h23-26H,1-22H2. The number of hydrogen-bond donors (Lipinski definition) is 0. The van der Waals surface area contributed by atoms with Gasteiger partial charge in [-0.25, -0.2) is 0 Å². The summed E-state index contributed by atoms with van der Waals surface area (Å²) in [5, 5.41) is 0. The zero-order valence-electron chi connectivity index (χ0n) is 21.5. The second-order valence-electron chi connectivity index (χ2n) is 11.7. The molecule has 4 fully saturated rings. The Hall–Kier alpha value is -1.39. The van der Waals surface area contributed by atoms with Crippen molar-refractivity contribution in [3.05, 3.63) is 0 Å². The fourth-order valence-corrected chi connectivity index (χ4v) is 7.43. The quantitative estimate of drug-likeness (QED) is 0.388. The molecular weight excluding hydrogens is 424 g/mol. The van der Waals surface area contributed by atoms with E-state index in [1.807, 2.05) is 0 Å². The maximum Gasteiger partial charge on any atom is 0.230 e. The molecule has 0 unspecified atom stereocenters. The third-order valence-electron chi connectivity index (χ3n) is 9.15. The van der Waals surface area contributed by atoms with Crippen molar-refractivity contribution in [3.8, 4) is 0 Å². The highest BCUT2D eigenvalue weighted by Gasteiger charge is 2.36. The fourth-order valence-electron chi connectivity index (χ4n) is 7.43. The average Bonchev–Trinajstić information content (AvgIpc) is 2.87.